The Bertz CT molecular complexity index is 879. The van der Waals surface area contributed by atoms with Crippen molar-refractivity contribution in [1.82, 2.24) is 9.47 Å². The number of nitrogen functional groups attached to an aromatic ring is 2. The van der Waals surface area contributed by atoms with Crippen molar-refractivity contribution >= 4 is 22.3 Å². The van der Waals surface area contributed by atoms with Crippen LogP contribution in [0, 0.1) is 0 Å². The second kappa shape index (κ2) is 6.45. The van der Waals surface area contributed by atoms with Gasteiger partial charge in [-0.05, 0) is 74.8 Å². The molecule has 4 rings (SSSR count). The number of rotatable bonds is 4. The van der Waals surface area contributed by atoms with Crippen molar-refractivity contribution in [2.75, 3.05) is 25.1 Å². The molecule has 1 saturated heterocycles. The molecule has 0 bridgehead atoms. The van der Waals surface area contributed by atoms with E-state index in [4.69, 9.17) is 11.5 Å². The van der Waals surface area contributed by atoms with Gasteiger partial charge >= 0.3 is 0 Å². The fourth-order valence-corrected chi connectivity index (χ4v) is 4.05. The highest BCUT2D eigenvalue weighted by molar-refractivity contribution is 5.89. The Kier molecular flexibility index (Phi) is 4.14. The van der Waals surface area contributed by atoms with Crippen LogP contribution in [0.1, 0.15) is 19.3 Å². The van der Waals surface area contributed by atoms with Crippen LogP contribution in [0.2, 0.25) is 0 Å². The number of fused-ring (bicyclic) bond motifs is 1. The van der Waals surface area contributed by atoms with E-state index in [1.54, 1.807) is 0 Å². The molecule has 130 valence electrons. The summed E-state index contributed by atoms with van der Waals surface area (Å²) in [7, 11) is 2.24. The number of nitrogens with zero attached hydrogens (tertiary/aromatic N) is 2. The first-order valence-corrected chi connectivity index (χ1v) is 9.07. The van der Waals surface area contributed by atoms with Gasteiger partial charge < -0.3 is 20.9 Å². The standard InChI is InChI=1S/C21H26N4/c1-24-11-2-3-19(24)10-12-25-20-9-8-18(23)13-16(20)14-21(25)15-4-6-17(22)7-5-15/h4-9,13-14,19H,2-3,10-12,22-23H2,1H3. The SMILES string of the molecule is CN1CCCC1CCn1c(-c2ccc(N)cc2)cc2cc(N)ccc21. The molecular weight excluding hydrogens is 308 g/mol. The minimum Gasteiger partial charge on any atom is -0.399 e. The molecule has 0 amide bonds. The monoisotopic (exact) mass is 334 g/mol. The zero-order chi connectivity index (χ0) is 17.4. The van der Waals surface area contributed by atoms with E-state index in [-0.39, 0.29) is 0 Å². The van der Waals surface area contributed by atoms with Crippen molar-refractivity contribution < 1.29 is 0 Å². The van der Waals surface area contributed by atoms with Crippen molar-refractivity contribution in [3.63, 3.8) is 0 Å². The third-order valence-electron chi connectivity index (χ3n) is 5.49. The number of aryl methyl sites for hydroxylation is 1. The summed E-state index contributed by atoms with van der Waals surface area (Å²) in [6, 6.07) is 17.3. The number of hydrogen-bond acceptors (Lipinski definition) is 3. The Morgan fingerprint density at radius 2 is 1.76 bits per heavy atom. The molecule has 0 saturated carbocycles. The molecule has 4 N–H and O–H groups in total. The lowest BCUT2D eigenvalue weighted by atomic mass is 10.1. The first-order chi connectivity index (χ1) is 12.1. The quantitative estimate of drug-likeness (QED) is 0.710. The molecule has 0 spiro atoms. The predicted molar refractivity (Wildman–Crippen MR) is 106 cm³/mol. The van der Waals surface area contributed by atoms with Crippen molar-refractivity contribution in [2.45, 2.75) is 31.8 Å². The molecule has 1 aromatic heterocycles. The molecule has 4 heteroatoms. The van der Waals surface area contributed by atoms with Gasteiger partial charge in [0, 0.05) is 40.6 Å². The molecule has 1 aliphatic heterocycles. The van der Waals surface area contributed by atoms with Crippen LogP contribution < -0.4 is 11.5 Å². The molecule has 1 unspecified atom stereocenters. The number of nitrogens with two attached hydrogens (primary N) is 2. The van der Waals surface area contributed by atoms with E-state index >= 15 is 0 Å². The maximum atomic E-state index is 6.00. The molecule has 0 radical (unpaired) electrons. The van der Waals surface area contributed by atoms with Crippen molar-refractivity contribution in [1.29, 1.82) is 0 Å². The van der Waals surface area contributed by atoms with Crippen molar-refractivity contribution in [2.24, 2.45) is 0 Å². The average Bonchev–Trinajstić information content (AvgIpc) is 3.16. The lowest BCUT2D eigenvalue weighted by Crippen LogP contribution is -2.26. The van der Waals surface area contributed by atoms with Gasteiger partial charge in [-0.25, -0.2) is 0 Å². The molecule has 1 atom stereocenters. The Morgan fingerprint density at radius 3 is 2.48 bits per heavy atom. The van der Waals surface area contributed by atoms with Gasteiger partial charge in [-0.3, -0.25) is 0 Å². The molecule has 2 aromatic carbocycles. The van der Waals surface area contributed by atoms with Crippen molar-refractivity contribution in [3.8, 4) is 11.3 Å². The van der Waals surface area contributed by atoms with Gasteiger partial charge in [0.15, 0.2) is 0 Å². The van der Waals surface area contributed by atoms with Crippen LogP contribution in [0.15, 0.2) is 48.5 Å². The second-order valence-electron chi connectivity index (χ2n) is 7.19. The Labute approximate surface area is 149 Å². The Morgan fingerprint density at radius 1 is 1.00 bits per heavy atom. The fourth-order valence-electron chi connectivity index (χ4n) is 4.05. The predicted octanol–water partition coefficient (Wildman–Crippen LogP) is 3.96. The summed E-state index contributed by atoms with van der Waals surface area (Å²) in [5.41, 5.74) is 17.2. The fraction of sp³-hybridized carbons (Fsp3) is 0.333. The van der Waals surface area contributed by atoms with E-state index in [9.17, 15) is 0 Å². The van der Waals surface area contributed by atoms with E-state index < -0.39 is 0 Å². The van der Waals surface area contributed by atoms with Gasteiger partial charge in [-0.15, -0.1) is 0 Å². The van der Waals surface area contributed by atoms with E-state index in [0.29, 0.717) is 6.04 Å². The number of likely N-dealkylation sites (tertiary alicyclic amines) is 1. The minimum absolute atomic E-state index is 0.686. The lowest BCUT2D eigenvalue weighted by Gasteiger charge is -2.21. The van der Waals surface area contributed by atoms with Gasteiger partial charge in [0.05, 0.1) is 0 Å². The number of anilines is 2. The van der Waals surface area contributed by atoms with E-state index in [2.05, 4.69) is 46.8 Å². The largest absolute Gasteiger partial charge is 0.399 e. The van der Waals surface area contributed by atoms with Crippen LogP contribution in [-0.4, -0.2) is 29.1 Å². The highest BCUT2D eigenvalue weighted by atomic mass is 15.1. The summed E-state index contributed by atoms with van der Waals surface area (Å²) >= 11 is 0. The molecule has 1 aliphatic rings. The van der Waals surface area contributed by atoms with Crippen LogP contribution in [-0.2, 0) is 6.54 Å². The lowest BCUT2D eigenvalue weighted by molar-refractivity contribution is 0.287. The molecule has 1 fully saturated rings. The molecule has 25 heavy (non-hydrogen) atoms. The summed E-state index contributed by atoms with van der Waals surface area (Å²) in [5, 5.41) is 1.20. The Hall–Kier alpha value is -2.46. The van der Waals surface area contributed by atoms with Crippen LogP contribution in [0.25, 0.3) is 22.2 Å². The van der Waals surface area contributed by atoms with E-state index in [1.165, 1.54) is 48.0 Å². The summed E-state index contributed by atoms with van der Waals surface area (Å²) in [5.74, 6) is 0. The third kappa shape index (κ3) is 3.10. The highest BCUT2D eigenvalue weighted by Gasteiger charge is 2.21. The average molecular weight is 334 g/mol. The summed E-state index contributed by atoms with van der Waals surface area (Å²) in [6.45, 7) is 2.24. The number of benzene rings is 2. The normalized spacial score (nSPS) is 18.2. The molecule has 2 heterocycles. The molecular formula is C21H26N4. The second-order valence-corrected chi connectivity index (χ2v) is 7.19. The zero-order valence-corrected chi connectivity index (χ0v) is 14.8. The van der Waals surface area contributed by atoms with Gasteiger partial charge in [0.1, 0.15) is 0 Å². The Balaban J connectivity index is 1.73. The van der Waals surface area contributed by atoms with E-state index in [1.807, 2.05) is 18.2 Å². The number of hydrogen-bond donors (Lipinski definition) is 2. The zero-order valence-electron chi connectivity index (χ0n) is 14.8. The third-order valence-corrected chi connectivity index (χ3v) is 5.49. The maximum absolute atomic E-state index is 6.00. The molecule has 4 nitrogen and oxygen atoms in total. The smallest absolute Gasteiger partial charge is 0.0491 e. The van der Waals surface area contributed by atoms with Crippen LogP contribution >= 0.6 is 0 Å². The first kappa shape index (κ1) is 16.0. The topological polar surface area (TPSA) is 60.2 Å². The molecule has 3 aromatic rings. The van der Waals surface area contributed by atoms with Crippen molar-refractivity contribution in [3.05, 3.63) is 48.5 Å². The van der Waals surface area contributed by atoms with E-state index in [0.717, 1.165) is 17.9 Å². The van der Waals surface area contributed by atoms with Gasteiger partial charge in [-0.2, -0.15) is 0 Å². The summed E-state index contributed by atoms with van der Waals surface area (Å²) in [6.07, 6.45) is 3.79. The van der Waals surface area contributed by atoms with Crippen LogP contribution in [0.4, 0.5) is 11.4 Å². The summed E-state index contributed by atoms with van der Waals surface area (Å²) in [4.78, 5) is 2.49. The minimum atomic E-state index is 0.686. The molecule has 0 aliphatic carbocycles. The van der Waals surface area contributed by atoms with Crippen LogP contribution in [0.5, 0.6) is 0 Å². The first-order valence-electron chi connectivity index (χ1n) is 9.07. The van der Waals surface area contributed by atoms with Gasteiger partial charge in [0.25, 0.3) is 0 Å². The van der Waals surface area contributed by atoms with Gasteiger partial charge in [0.2, 0.25) is 0 Å². The maximum Gasteiger partial charge on any atom is 0.0491 e. The van der Waals surface area contributed by atoms with Crippen LogP contribution in [0.3, 0.4) is 0 Å². The number of aromatic nitrogens is 1. The summed E-state index contributed by atoms with van der Waals surface area (Å²) < 4.78 is 2.44. The highest BCUT2D eigenvalue weighted by Crippen LogP contribution is 2.31. The van der Waals surface area contributed by atoms with Gasteiger partial charge in [-0.1, -0.05) is 12.1 Å².